The summed E-state index contributed by atoms with van der Waals surface area (Å²) in [6.07, 6.45) is 0.665. The van der Waals surface area contributed by atoms with E-state index in [1.54, 1.807) is 12.1 Å². The number of benzene rings is 2. The van der Waals surface area contributed by atoms with Crippen molar-refractivity contribution in [3.05, 3.63) is 59.7 Å². The Morgan fingerprint density at radius 2 is 1.92 bits per heavy atom. The van der Waals surface area contributed by atoms with Crippen LogP contribution in [0.4, 0.5) is 0 Å². The van der Waals surface area contributed by atoms with Gasteiger partial charge in [-0.3, -0.25) is 4.79 Å². The summed E-state index contributed by atoms with van der Waals surface area (Å²) < 4.78 is 31.2. The maximum atomic E-state index is 12.6. The summed E-state index contributed by atoms with van der Waals surface area (Å²) in [5, 5.41) is 2.97. The molecule has 0 aromatic heterocycles. The lowest BCUT2D eigenvalue weighted by molar-refractivity contribution is 0.0924. The molecule has 0 saturated heterocycles. The molecule has 1 heterocycles. The van der Waals surface area contributed by atoms with Crippen LogP contribution in [0.1, 0.15) is 28.4 Å². The normalized spacial score (nSPS) is 16.8. The fourth-order valence-corrected chi connectivity index (χ4v) is 3.69. The molecule has 7 heteroatoms. The van der Waals surface area contributed by atoms with Gasteiger partial charge in [0, 0.05) is 31.6 Å². The third kappa shape index (κ3) is 3.52. The Labute approximate surface area is 147 Å². The Bertz CT molecular complexity index is 893. The second-order valence-electron chi connectivity index (χ2n) is 6.02. The molecular weight excluding hydrogens is 340 g/mol. The Balaban J connectivity index is 1.84. The molecule has 2 aromatic carbocycles. The lowest BCUT2D eigenvalue weighted by Crippen LogP contribution is -2.32. The van der Waals surface area contributed by atoms with Crippen LogP contribution in [0.3, 0.4) is 0 Å². The van der Waals surface area contributed by atoms with Gasteiger partial charge in [-0.15, -0.1) is 0 Å². The number of nitrogens with one attached hydrogen (secondary N) is 1. The van der Waals surface area contributed by atoms with Crippen LogP contribution in [0.25, 0.3) is 0 Å². The number of fused-ring (bicyclic) bond motifs is 1. The van der Waals surface area contributed by atoms with Crippen molar-refractivity contribution < 1.29 is 17.9 Å². The van der Waals surface area contributed by atoms with Gasteiger partial charge in [0.05, 0.1) is 17.5 Å². The highest BCUT2D eigenvalue weighted by molar-refractivity contribution is 7.89. The Hall–Kier alpha value is -2.38. The van der Waals surface area contributed by atoms with Gasteiger partial charge in [-0.2, -0.15) is 0 Å². The van der Waals surface area contributed by atoms with Crippen LogP contribution in [0.5, 0.6) is 5.75 Å². The maximum absolute atomic E-state index is 12.6. The molecule has 25 heavy (non-hydrogen) atoms. The lowest BCUT2D eigenvalue weighted by Gasteiger charge is -2.26. The zero-order valence-corrected chi connectivity index (χ0v) is 14.9. The molecule has 1 aliphatic heterocycles. The monoisotopic (exact) mass is 360 g/mol. The van der Waals surface area contributed by atoms with Gasteiger partial charge < -0.3 is 10.1 Å². The van der Waals surface area contributed by atoms with Gasteiger partial charge in [0.25, 0.3) is 5.91 Å². The molecule has 0 unspecified atom stereocenters. The number of hydrogen-bond acceptors (Lipinski definition) is 4. The number of ether oxygens (including phenoxy) is 1. The molecule has 0 fully saturated rings. The number of hydrogen-bond donors (Lipinski definition) is 1. The second kappa shape index (κ2) is 6.85. The molecule has 0 spiro atoms. The van der Waals surface area contributed by atoms with Gasteiger partial charge in [0.2, 0.25) is 10.0 Å². The molecule has 0 saturated carbocycles. The smallest absolute Gasteiger partial charge is 0.251 e. The highest BCUT2D eigenvalue weighted by atomic mass is 32.2. The van der Waals surface area contributed by atoms with Gasteiger partial charge in [0.15, 0.2) is 0 Å². The van der Waals surface area contributed by atoms with Crippen LogP contribution < -0.4 is 10.1 Å². The van der Waals surface area contributed by atoms with Crippen molar-refractivity contribution in [3.8, 4) is 5.75 Å². The summed E-state index contributed by atoms with van der Waals surface area (Å²) in [6, 6.07) is 13.5. The molecular formula is C18H20N2O4S. The van der Waals surface area contributed by atoms with Gasteiger partial charge in [-0.1, -0.05) is 24.3 Å². The van der Waals surface area contributed by atoms with Gasteiger partial charge in [-0.25, -0.2) is 12.7 Å². The zero-order chi connectivity index (χ0) is 18.0. The van der Waals surface area contributed by atoms with Crippen molar-refractivity contribution in [3.63, 3.8) is 0 Å². The molecule has 6 nitrogen and oxygen atoms in total. The molecule has 3 rings (SSSR count). The first-order chi connectivity index (χ1) is 11.9. The molecule has 132 valence electrons. The first-order valence-electron chi connectivity index (χ1n) is 7.95. The van der Waals surface area contributed by atoms with E-state index >= 15 is 0 Å². The van der Waals surface area contributed by atoms with E-state index in [9.17, 15) is 13.2 Å². The summed E-state index contributed by atoms with van der Waals surface area (Å²) >= 11 is 0. The summed E-state index contributed by atoms with van der Waals surface area (Å²) in [4.78, 5) is 12.7. The largest absolute Gasteiger partial charge is 0.493 e. The molecule has 0 aliphatic carbocycles. The van der Waals surface area contributed by atoms with Crippen LogP contribution in [-0.2, 0) is 10.0 Å². The number of para-hydroxylation sites is 1. The van der Waals surface area contributed by atoms with E-state index < -0.39 is 10.0 Å². The minimum atomic E-state index is -3.58. The van der Waals surface area contributed by atoms with Crippen molar-refractivity contribution in [1.82, 2.24) is 9.62 Å². The molecule has 1 aliphatic rings. The van der Waals surface area contributed by atoms with E-state index in [1.807, 2.05) is 24.3 Å². The van der Waals surface area contributed by atoms with E-state index in [0.717, 1.165) is 15.6 Å². The molecule has 1 N–H and O–H groups in total. The van der Waals surface area contributed by atoms with E-state index in [2.05, 4.69) is 5.32 Å². The first-order valence-corrected chi connectivity index (χ1v) is 9.39. The van der Waals surface area contributed by atoms with Crippen LogP contribution in [0.15, 0.2) is 53.4 Å². The van der Waals surface area contributed by atoms with E-state index in [1.165, 1.54) is 26.2 Å². The molecule has 2 aromatic rings. The van der Waals surface area contributed by atoms with Crippen molar-refractivity contribution in [2.75, 3.05) is 20.7 Å². The third-order valence-corrected chi connectivity index (χ3v) is 5.95. The predicted molar refractivity (Wildman–Crippen MR) is 94.1 cm³/mol. The van der Waals surface area contributed by atoms with Crippen molar-refractivity contribution in [2.45, 2.75) is 17.4 Å². The van der Waals surface area contributed by atoms with Crippen molar-refractivity contribution in [1.29, 1.82) is 0 Å². The van der Waals surface area contributed by atoms with Crippen molar-refractivity contribution >= 4 is 15.9 Å². The number of nitrogens with zero attached hydrogens (tertiary/aromatic N) is 1. The average Bonchev–Trinajstić information content (AvgIpc) is 2.62. The van der Waals surface area contributed by atoms with Gasteiger partial charge in [-0.05, 0) is 24.3 Å². The summed E-state index contributed by atoms with van der Waals surface area (Å²) in [5.74, 6) is 0.459. The second-order valence-corrected chi connectivity index (χ2v) is 8.17. The van der Waals surface area contributed by atoms with E-state index in [-0.39, 0.29) is 16.8 Å². The highest BCUT2D eigenvalue weighted by Crippen LogP contribution is 2.31. The minimum absolute atomic E-state index is 0.0949. The number of rotatable bonds is 4. The first kappa shape index (κ1) is 17.4. The molecule has 1 amide bonds. The van der Waals surface area contributed by atoms with Crippen LogP contribution in [-0.4, -0.2) is 39.3 Å². The Morgan fingerprint density at radius 1 is 1.16 bits per heavy atom. The quantitative estimate of drug-likeness (QED) is 0.907. The molecule has 0 radical (unpaired) electrons. The van der Waals surface area contributed by atoms with Crippen LogP contribution in [0.2, 0.25) is 0 Å². The number of sulfonamides is 1. The zero-order valence-electron chi connectivity index (χ0n) is 14.1. The highest BCUT2D eigenvalue weighted by Gasteiger charge is 2.24. The summed E-state index contributed by atoms with van der Waals surface area (Å²) in [6.45, 7) is 0.525. The molecule has 0 bridgehead atoms. The predicted octanol–water partition coefficient (Wildman–Crippen LogP) is 2.19. The standard InChI is InChI=1S/C18H20N2O4S/c1-20(2)25(22,23)14-7-5-6-13(12-14)18(21)19-16-10-11-24-17-9-4-3-8-15(16)17/h3-9,12,16H,10-11H2,1-2H3,(H,19,21)/t16-/m0/s1. The van der Waals surface area contributed by atoms with E-state index in [4.69, 9.17) is 4.74 Å². The minimum Gasteiger partial charge on any atom is -0.493 e. The SMILES string of the molecule is CN(C)S(=O)(=O)c1cccc(C(=O)N[C@H]2CCOc3ccccc32)c1. The molecule has 1 atom stereocenters. The Morgan fingerprint density at radius 3 is 2.68 bits per heavy atom. The summed E-state index contributed by atoms with van der Waals surface area (Å²) in [5.41, 5.74) is 1.24. The van der Waals surface area contributed by atoms with Gasteiger partial charge in [0.1, 0.15) is 5.75 Å². The maximum Gasteiger partial charge on any atom is 0.251 e. The fraction of sp³-hybridized carbons (Fsp3) is 0.278. The van der Waals surface area contributed by atoms with Crippen LogP contribution in [0, 0.1) is 0 Å². The number of carbonyl (C=O) groups is 1. The number of amides is 1. The third-order valence-electron chi connectivity index (χ3n) is 4.14. The summed E-state index contributed by atoms with van der Waals surface area (Å²) in [7, 11) is -0.663. The van der Waals surface area contributed by atoms with Gasteiger partial charge >= 0.3 is 0 Å². The Kier molecular flexibility index (Phi) is 4.78. The topological polar surface area (TPSA) is 75.7 Å². The fourth-order valence-electron chi connectivity index (χ4n) is 2.74. The average molecular weight is 360 g/mol. The van der Waals surface area contributed by atoms with Crippen LogP contribution >= 0.6 is 0 Å². The van der Waals surface area contributed by atoms with Crippen molar-refractivity contribution in [2.24, 2.45) is 0 Å². The number of carbonyl (C=O) groups excluding carboxylic acids is 1. The lowest BCUT2D eigenvalue weighted by atomic mass is 10.00. The van der Waals surface area contributed by atoms with E-state index in [0.29, 0.717) is 18.6 Å².